The number of ether oxygens (including phenoxy) is 1. The normalized spacial score (nSPS) is 17.3. The molecule has 11 nitrogen and oxygen atoms in total. The molecule has 0 aliphatic carbocycles. The molecule has 3 aromatic heterocycles. The number of carbonyl (C=O) groups is 2. The molecular weight excluding hydrogens is 460 g/mol. The summed E-state index contributed by atoms with van der Waals surface area (Å²) in [6.07, 6.45) is 4.60. The van der Waals surface area contributed by atoms with E-state index in [4.69, 9.17) is 9.73 Å². The van der Waals surface area contributed by atoms with Crippen LogP contribution >= 0.6 is 0 Å². The summed E-state index contributed by atoms with van der Waals surface area (Å²) >= 11 is 0. The number of benzene rings is 1. The van der Waals surface area contributed by atoms with Crippen LogP contribution in [0.3, 0.4) is 0 Å². The molecule has 2 aliphatic rings. The molecule has 1 amide bonds. The molecule has 182 valence electrons. The van der Waals surface area contributed by atoms with Crippen molar-refractivity contribution in [1.82, 2.24) is 34.5 Å². The number of amides is 1. The van der Waals surface area contributed by atoms with Crippen molar-refractivity contribution in [3.8, 4) is 11.6 Å². The lowest BCUT2D eigenvalue weighted by Gasteiger charge is -2.38. The van der Waals surface area contributed by atoms with Gasteiger partial charge in [0.2, 0.25) is 0 Å². The first-order chi connectivity index (χ1) is 17.5. The van der Waals surface area contributed by atoms with E-state index in [0.717, 1.165) is 11.4 Å². The van der Waals surface area contributed by atoms with Gasteiger partial charge in [-0.05, 0) is 6.92 Å². The molecule has 5 heterocycles. The van der Waals surface area contributed by atoms with Crippen molar-refractivity contribution in [3.05, 3.63) is 66.0 Å². The predicted octanol–water partition coefficient (Wildman–Crippen LogP) is 1.62. The Morgan fingerprint density at radius 2 is 1.97 bits per heavy atom. The molecule has 1 saturated heterocycles. The number of nitrogens with one attached hydrogen (secondary N) is 1. The van der Waals surface area contributed by atoms with Crippen molar-refractivity contribution in [1.29, 1.82) is 0 Å². The Morgan fingerprint density at radius 1 is 1.14 bits per heavy atom. The van der Waals surface area contributed by atoms with E-state index in [1.54, 1.807) is 18.2 Å². The maximum Gasteiger partial charge on any atom is 0.295 e. The van der Waals surface area contributed by atoms with Gasteiger partial charge in [-0.15, -0.1) is 0 Å². The molecule has 36 heavy (non-hydrogen) atoms. The van der Waals surface area contributed by atoms with Crippen LogP contribution in [0.25, 0.3) is 16.7 Å². The van der Waals surface area contributed by atoms with Crippen LogP contribution in [0, 0.1) is 6.92 Å². The monoisotopic (exact) mass is 484 g/mol. The molecule has 1 fully saturated rings. The third kappa shape index (κ3) is 3.51. The lowest BCUT2D eigenvalue weighted by Crippen LogP contribution is -2.56. The minimum Gasteiger partial charge on any atom is -0.494 e. The summed E-state index contributed by atoms with van der Waals surface area (Å²) < 4.78 is 7.00. The second kappa shape index (κ2) is 8.59. The van der Waals surface area contributed by atoms with Crippen LogP contribution in [0.2, 0.25) is 0 Å². The molecule has 0 saturated carbocycles. The van der Waals surface area contributed by atoms with Crippen molar-refractivity contribution in [3.63, 3.8) is 0 Å². The lowest BCUT2D eigenvalue weighted by atomic mass is 10.1. The lowest BCUT2D eigenvalue weighted by molar-refractivity contribution is -0.128. The Hall–Kier alpha value is -4.54. The van der Waals surface area contributed by atoms with Gasteiger partial charge in [0.1, 0.15) is 23.7 Å². The smallest absolute Gasteiger partial charge is 0.295 e. The number of aromatic amines is 1. The van der Waals surface area contributed by atoms with Crippen molar-refractivity contribution in [2.45, 2.75) is 13.0 Å². The van der Waals surface area contributed by atoms with Crippen molar-refractivity contribution >= 4 is 28.4 Å². The van der Waals surface area contributed by atoms with Gasteiger partial charge in [-0.25, -0.2) is 14.6 Å². The van der Waals surface area contributed by atoms with E-state index in [1.807, 2.05) is 30.3 Å². The highest BCUT2D eigenvalue weighted by Crippen LogP contribution is 2.32. The summed E-state index contributed by atoms with van der Waals surface area (Å²) in [4.78, 5) is 47.0. The fourth-order valence-corrected chi connectivity index (χ4v) is 4.92. The maximum absolute atomic E-state index is 13.5. The SMILES string of the molecule is COc1cnc(-n2cnc(C)n2)c2[nH]cc(C(=O)C(=O)N3CCN4C(c5ccccc5)=NCC4C3)c12. The van der Waals surface area contributed by atoms with Gasteiger partial charge >= 0.3 is 0 Å². The van der Waals surface area contributed by atoms with Gasteiger partial charge in [0.25, 0.3) is 11.7 Å². The number of H-pyrrole nitrogens is 1. The highest BCUT2D eigenvalue weighted by Gasteiger charge is 2.37. The molecule has 2 aliphatic heterocycles. The van der Waals surface area contributed by atoms with Gasteiger partial charge in [-0.3, -0.25) is 14.6 Å². The molecule has 6 rings (SSSR count). The molecular formula is C25H24N8O3. The average molecular weight is 485 g/mol. The van der Waals surface area contributed by atoms with Crippen LogP contribution in [0.15, 0.2) is 54.0 Å². The van der Waals surface area contributed by atoms with E-state index in [1.165, 1.54) is 24.2 Å². The van der Waals surface area contributed by atoms with Gasteiger partial charge in [0, 0.05) is 31.4 Å². The number of hydrogen-bond donors (Lipinski definition) is 1. The molecule has 1 aromatic carbocycles. The van der Waals surface area contributed by atoms with Crippen LogP contribution in [0.4, 0.5) is 0 Å². The highest BCUT2D eigenvalue weighted by molar-refractivity contribution is 6.45. The summed E-state index contributed by atoms with van der Waals surface area (Å²) in [7, 11) is 1.50. The van der Waals surface area contributed by atoms with Crippen LogP contribution < -0.4 is 4.74 Å². The number of piperazine rings is 1. The van der Waals surface area contributed by atoms with Crippen molar-refractivity contribution in [2.24, 2.45) is 4.99 Å². The molecule has 0 radical (unpaired) electrons. The quantitative estimate of drug-likeness (QED) is 0.337. The number of aromatic nitrogens is 5. The number of rotatable bonds is 5. The number of hydrogen-bond acceptors (Lipinski definition) is 8. The standard InChI is InChI=1S/C25H24N8O3/c1-15-29-14-33(30-15)24-21-20(19(36-2)12-28-24)18(11-26-21)22(34)25(35)31-8-9-32-17(13-31)10-27-23(32)16-6-4-3-5-7-16/h3-7,11-12,14,17,26H,8-10,13H2,1-2H3. The minimum atomic E-state index is -0.595. The van der Waals surface area contributed by atoms with Crippen LogP contribution in [0.5, 0.6) is 5.75 Å². The number of methoxy groups -OCH3 is 1. The zero-order valence-corrected chi connectivity index (χ0v) is 19.9. The highest BCUT2D eigenvalue weighted by atomic mass is 16.5. The number of Topliss-reactive ketones (excluding diaryl/α,β-unsaturated/α-hetero) is 1. The molecule has 4 aromatic rings. The van der Waals surface area contributed by atoms with E-state index in [9.17, 15) is 9.59 Å². The van der Waals surface area contributed by atoms with E-state index in [0.29, 0.717) is 54.5 Å². The van der Waals surface area contributed by atoms with Crippen molar-refractivity contribution in [2.75, 3.05) is 33.3 Å². The van der Waals surface area contributed by atoms with Gasteiger partial charge in [-0.2, -0.15) is 5.10 Å². The fraction of sp³-hybridized carbons (Fsp3) is 0.280. The molecule has 11 heteroatoms. The van der Waals surface area contributed by atoms with Gasteiger partial charge in [-0.1, -0.05) is 30.3 Å². The summed E-state index contributed by atoms with van der Waals surface area (Å²) in [6.45, 7) is 3.87. The first-order valence-electron chi connectivity index (χ1n) is 11.7. The summed E-state index contributed by atoms with van der Waals surface area (Å²) in [5.41, 5.74) is 1.84. The Labute approximate surface area is 206 Å². The van der Waals surface area contributed by atoms with Gasteiger partial charge < -0.3 is 19.5 Å². The number of nitrogens with zero attached hydrogens (tertiary/aromatic N) is 7. The topological polar surface area (TPSA) is 122 Å². The van der Waals surface area contributed by atoms with Gasteiger partial charge in [0.15, 0.2) is 5.82 Å². The number of carbonyl (C=O) groups excluding carboxylic acids is 2. The zero-order valence-electron chi connectivity index (χ0n) is 19.9. The third-order valence-corrected chi connectivity index (χ3v) is 6.66. The second-order valence-corrected chi connectivity index (χ2v) is 8.80. The Bertz CT molecular complexity index is 1510. The fourth-order valence-electron chi connectivity index (χ4n) is 4.92. The zero-order chi connectivity index (χ0) is 24.8. The summed E-state index contributed by atoms with van der Waals surface area (Å²) in [6, 6.07) is 10.1. The van der Waals surface area contributed by atoms with Crippen LogP contribution in [-0.4, -0.2) is 91.4 Å². The third-order valence-electron chi connectivity index (χ3n) is 6.66. The Kier molecular flexibility index (Phi) is 5.24. The van der Waals surface area contributed by atoms with E-state index >= 15 is 0 Å². The van der Waals surface area contributed by atoms with E-state index < -0.39 is 11.7 Å². The molecule has 1 atom stereocenters. The Balaban J connectivity index is 1.26. The summed E-state index contributed by atoms with van der Waals surface area (Å²) in [5.74, 6) is 1.25. The number of amidine groups is 1. The second-order valence-electron chi connectivity index (χ2n) is 8.80. The molecule has 0 bridgehead atoms. The van der Waals surface area contributed by atoms with Crippen LogP contribution in [0.1, 0.15) is 21.7 Å². The Morgan fingerprint density at radius 3 is 2.72 bits per heavy atom. The molecule has 1 N–H and O–H groups in total. The van der Waals surface area contributed by atoms with Gasteiger partial charge in [0.05, 0.1) is 42.4 Å². The number of aryl methyl sites for hydroxylation is 1. The number of pyridine rings is 1. The minimum absolute atomic E-state index is 0.0505. The molecule has 0 spiro atoms. The van der Waals surface area contributed by atoms with E-state index in [-0.39, 0.29) is 11.6 Å². The largest absolute Gasteiger partial charge is 0.494 e. The first kappa shape index (κ1) is 22.0. The van der Waals surface area contributed by atoms with E-state index in [2.05, 4.69) is 25.0 Å². The maximum atomic E-state index is 13.5. The average Bonchev–Trinajstić information content (AvgIpc) is 3.65. The predicted molar refractivity (Wildman–Crippen MR) is 132 cm³/mol. The summed E-state index contributed by atoms with van der Waals surface area (Å²) in [5, 5.41) is 4.80. The number of ketones is 1. The van der Waals surface area contributed by atoms with Crippen molar-refractivity contribution < 1.29 is 14.3 Å². The first-order valence-corrected chi connectivity index (χ1v) is 11.7. The molecule has 1 unspecified atom stereocenters. The number of fused-ring (bicyclic) bond motifs is 2. The van der Waals surface area contributed by atoms with Crippen LogP contribution in [-0.2, 0) is 4.79 Å². The number of aliphatic imine (C=N–C) groups is 1.